The average Bonchev–Trinajstić information content (AvgIpc) is 2.95. The van der Waals surface area contributed by atoms with Crippen molar-refractivity contribution >= 4 is 17.4 Å². The molecule has 1 atom stereocenters. The first-order valence-electron chi connectivity index (χ1n) is 6.86. The van der Waals surface area contributed by atoms with Crippen LogP contribution in [0.2, 0.25) is 0 Å². The summed E-state index contributed by atoms with van der Waals surface area (Å²) in [6, 6.07) is 10.4. The zero-order chi connectivity index (χ0) is 14.4. The molecule has 2 aromatic rings. The summed E-state index contributed by atoms with van der Waals surface area (Å²) >= 11 is 1.17. The minimum atomic E-state index is -0.0580. The number of aryl methyl sites for hydroxylation is 2. The average molecular weight is 289 g/mol. The first kappa shape index (κ1) is 14.7. The maximum absolute atomic E-state index is 12.1. The van der Waals surface area contributed by atoms with Gasteiger partial charge < -0.3 is 5.32 Å². The molecule has 0 aliphatic heterocycles. The lowest BCUT2D eigenvalue weighted by Crippen LogP contribution is -2.32. The van der Waals surface area contributed by atoms with Crippen LogP contribution in [0.1, 0.15) is 41.2 Å². The van der Waals surface area contributed by atoms with Gasteiger partial charge in [-0.05, 0) is 43.3 Å². The van der Waals surface area contributed by atoms with Crippen LogP contribution in [-0.2, 0) is 12.8 Å². The third-order valence-electron chi connectivity index (χ3n) is 3.18. The van der Waals surface area contributed by atoms with Crippen molar-refractivity contribution in [3.8, 4) is 0 Å². The molecule has 0 saturated carbocycles. The molecule has 0 spiro atoms. The minimum absolute atomic E-state index is 0.0580. The fourth-order valence-electron chi connectivity index (χ4n) is 2.00. The van der Waals surface area contributed by atoms with Gasteiger partial charge in [-0.15, -0.1) is 5.10 Å². The van der Waals surface area contributed by atoms with Gasteiger partial charge in [-0.3, -0.25) is 4.79 Å². The number of hydrogen-bond acceptors (Lipinski definition) is 4. The smallest absolute Gasteiger partial charge is 0.265 e. The number of aromatic nitrogens is 2. The number of carbonyl (C=O) groups excluding carboxylic acids is 1. The first-order valence-corrected chi connectivity index (χ1v) is 7.64. The number of nitrogens with one attached hydrogen (secondary N) is 1. The van der Waals surface area contributed by atoms with E-state index in [4.69, 9.17) is 0 Å². The van der Waals surface area contributed by atoms with Crippen LogP contribution in [0, 0.1) is 0 Å². The molecule has 1 aromatic carbocycles. The largest absolute Gasteiger partial charge is 0.349 e. The van der Waals surface area contributed by atoms with Crippen LogP contribution < -0.4 is 5.32 Å². The van der Waals surface area contributed by atoms with Crippen molar-refractivity contribution in [1.29, 1.82) is 0 Å². The summed E-state index contributed by atoms with van der Waals surface area (Å²) < 4.78 is 3.85. The second-order valence-corrected chi connectivity index (χ2v) is 5.56. The highest BCUT2D eigenvalue weighted by Crippen LogP contribution is 2.12. The third kappa shape index (κ3) is 3.87. The van der Waals surface area contributed by atoms with Gasteiger partial charge in [0.15, 0.2) is 0 Å². The van der Waals surface area contributed by atoms with Gasteiger partial charge >= 0.3 is 0 Å². The highest BCUT2D eigenvalue weighted by Gasteiger charge is 2.16. The summed E-state index contributed by atoms with van der Waals surface area (Å²) in [6.45, 7) is 4.01. The Bertz CT molecular complexity index is 553. The van der Waals surface area contributed by atoms with Gasteiger partial charge in [-0.2, -0.15) is 0 Å². The van der Waals surface area contributed by atoms with Gasteiger partial charge in [0.2, 0.25) is 0 Å². The van der Waals surface area contributed by atoms with E-state index in [9.17, 15) is 4.79 Å². The number of nitrogens with zero attached hydrogens (tertiary/aromatic N) is 2. The molecule has 0 saturated heterocycles. The molecular weight excluding hydrogens is 270 g/mol. The van der Waals surface area contributed by atoms with Crippen LogP contribution in [0.25, 0.3) is 0 Å². The molecule has 0 aliphatic rings. The molecule has 0 radical (unpaired) electrons. The van der Waals surface area contributed by atoms with Gasteiger partial charge in [0.25, 0.3) is 5.91 Å². The summed E-state index contributed by atoms with van der Waals surface area (Å²) in [5.74, 6) is -0.0580. The molecular formula is C15H19N3OS. The van der Waals surface area contributed by atoms with Gasteiger partial charge in [0.05, 0.1) is 5.69 Å². The Labute approximate surface area is 123 Å². The third-order valence-corrected chi connectivity index (χ3v) is 3.95. The van der Waals surface area contributed by atoms with Crippen LogP contribution in [-0.4, -0.2) is 21.5 Å². The Morgan fingerprint density at radius 3 is 2.80 bits per heavy atom. The Morgan fingerprint density at radius 1 is 1.35 bits per heavy atom. The predicted molar refractivity (Wildman–Crippen MR) is 81.0 cm³/mol. The van der Waals surface area contributed by atoms with E-state index in [-0.39, 0.29) is 11.9 Å². The number of rotatable bonds is 6. The maximum Gasteiger partial charge on any atom is 0.265 e. The van der Waals surface area contributed by atoms with Crippen molar-refractivity contribution < 1.29 is 4.79 Å². The predicted octanol–water partition coefficient (Wildman–Crippen LogP) is 2.85. The van der Waals surface area contributed by atoms with Crippen LogP contribution in [0.3, 0.4) is 0 Å². The number of amides is 1. The van der Waals surface area contributed by atoms with E-state index < -0.39 is 0 Å². The molecule has 1 heterocycles. The summed E-state index contributed by atoms with van der Waals surface area (Å²) in [4.78, 5) is 12.8. The molecule has 1 N–H and O–H groups in total. The molecule has 0 fully saturated rings. The molecule has 2 rings (SSSR count). The van der Waals surface area contributed by atoms with Crippen molar-refractivity contribution in [1.82, 2.24) is 14.9 Å². The van der Waals surface area contributed by atoms with E-state index in [0.29, 0.717) is 4.88 Å². The molecule has 0 bridgehead atoms. The van der Waals surface area contributed by atoms with Gasteiger partial charge in [-0.1, -0.05) is 41.7 Å². The van der Waals surface area contributed by atoms with Gasteiger partial charge in [0, 0.05) is 6.04 Å². The SMILES string of the molecule is CCc1nnsc1C(=O)NC(C)CCc1ccccc1. The van der Waals surface area contributed by atoms with Crippen LogP contribution >= 0.6 is 11.5 Å². The quantitative estimate of drug-likeness (QED) is 0.889. The number of benzene rings is 1. The summed E-state index contributed by atoms with van der Waals surface area (Å²) in [5, 5.41) is 6.98. The van der Waals surface area contributed by atoms with Crippen LogP contribution in [0.4, 0.5) is 0 Å². The first-order chi connectivity index (χ1) is 9.70. The number of hydrogen-bond donors (Lipinski definition) is 1. The molecule has 5 heteroatoms. The monoisotopic (exact) mass is 289 g/mol. The highest BCUT2D eigenvalue weighted by atomic mass is 32.1. The zero-order valence-corrected chi connectivity index (χ0v) is 12.6. The summed E-state index contributed by atoms with van der Waals surface area (Å²) in [7, 11) is 0. The Morgan fingerprint density at radius 2 is 2.10 bits per heavy atom. The number of carbonyl (C=O) groups is 1. The molecule has 106 valence electrons. The van der Waals surface area contributed by atoms with Crippen LogP contribution in [0.5, 0.6) is 0 Å². The fraction of sp³-hybridized carbons (Fsp3) is 0.400. The fourth-order valence-corrected chi connectivity index (χ4v) is 2.66. The normalized spacial score (nSPS) is 12.1. The Kier molecular flexibility index (Phi) is 5.24. The Balaban J connectivity index is 1.85. The van der Waals surface area contributed by atoms with E-state index in [0.717, 1.165) is 25.0 Å². The molecule has 0 aliphatic carbocycles. The summed E-state index contributed by atoms with van der Waals surface area (Å²) in [5.41, 5.74) is 2.07. The topological polar surface area (TPSA) is 54.9 Å². The van der Waals surface area contributed by atoms with E-state index >= 15 is 0 Å². The van der Waals surface area contributed by atoms with Crippen molar-refractivity contribution in [2.24, 2.45) is 0 Å². The van der Waals surface area contributed by atoms with Crippen molar-refractivity contribution in [2.45, 2.75) is 39.2 Å². The molecule has 1 unspecified atom stereocenters. The lowest BCUT2D eigenvalue weighted by molar-refractivity contribution is 0.0941. The second kappa shape index (κ2) is 7.14. The van der Waals surface area contributed by atoms with Crippen molar-refractivity contribution in [3.05, 3.63) is 46.5 Å². The summed E-state index contributed by atoms with van der Waals surface area (Å²) in [6.07, 6.45) is 2.62. The second-order valence-electron chi connectivity index (χ2n) is 4.80. The Hall–Kier alpha value is -1.75. The minimum Gasteiger partial charge on any atom is -0.349 e. The molecule has 1 amide bonds. The standard InChI is InChI=1S/C15H19N3OS/c1-3-13-14(20-18-17-13)15(19)16-11(2)9-10-12-7-5-4-6-8-12/h4-8,11H,3,9-10H2,1-2H3,(H,16,19). The lowest BCUT2D eigenvalue weighted by Gasteiger charge is -2.13. The van der Waals surface area contributed by atoms with E-state index in [1.54, 1.807) is 0 Å². The van der Waals surface area contributed by atoms with Crippen molar-refractivity contribution in [3.63, 3.8) is 0 Å². The molecule has 4 nitrogen and oxygen atoms in total. The zero-order valence-electron chi connectivity index (χ0n) is 11.8. The highest BCUT2D eigenvalue weighted by molar-refractivity contribution is 7.08. The molecule has 20 heavy (non-hydrogen) atoms. The van der Waals surface area contributed by atoms with E-state index in [1.165, 1.54) is 17.1 Å². The maximum atomic E-state index is 12.1. The molecule has 1 aromatic heterocycles. The lowest BCUT2D eigenvalue weighted by atomic mass is 10.1. The van der Waals surface area contributed by atoms with Crippen LogP contribution in [0.15, 0.2) is 30.3 Å². The van der Waals surface area contributed by atoms with E-state index in [2.05, 4.69) is 27.0 Å². The van der Waals surface area contributed by atoms with Crippen molar-refractivity contribution in [2.75, 3.05) is 0 Å². The van der Waals surface area contributed by atoms with Gasteiger partial charge in [-0.25, -0.2) is 0 Å². The van der Waals surface area contributed by atoms with E-state index in [1.807, 2.05) is 32.0 Å². The van der Waals surface area contributed by atoms with Gasteiger partial charge in [0.1, 0.15) is 4.88 Å².